The number of nitrogens with zero attached hydrogens (tertiary/aromatic N) is 1. The van der Waals surface area contributed by atoms with Crippen LogP contribution in [0.2, 0.25) is 0 Å². The van der Waals surface area contributed by atoms with Crippen LogP contribution in [0.15, 0.2) is 53.4 Å². The molecule has 0 aliphatic rings. The fraction of sp³-hybridized carbons (Fsp3) is 0.316. The van der Waals surface area contributed by atoms with Crippen LogP contribution in [-0.4, -0.2) is 27.4 Å². The van der Waals surface area contributed by atoms with Gasteiger partial charge in [0.25, 0.3) is 15.9 Å². The Labute approximate surface area is 149 Å². The molecule has 1 N–H and O–H groups in total. The fourth-order valence-electron chi connectivity index (χ4n) is 2.52. The number of benzene rings is 2. The van der Waals surface area contributed by atoms with Gasteiger partial charge in [0.05, 0.1) is 10.6 Å². The van der Waals surface area contributed by atoms with Gasteiger partial charge >= 0.3 is 0 Å². The van der Waals surface area contributed by atoms with E-state index in [9.17, 15) is 13.2 Å². The van der Waals surface area contributed by atoms with E-state index in [2.05, 4.69) is 5.32 Å². The van der Waals surface area contributed by atoms with E-state index in [1.807, 2.05) is 32.0 Å². The van der Waals surface area contributed by atoms with Crippen molar-refractivity contribution in [3.8, 4) is 0 Å². The molecule has 2 rings (SSSR count). The zero-order valence-corrected chi connectivity index (χ0v) is 15.6. The first-order valence-corrected chi connectivity index (χ1v) is 9.81. The van der Waals surface area contributed by atoms with E-state index in [-0.39, 0.29) is 10.8 Å². The smallest absolute Gasteiger partial charge is 0.264 e. The molecule has 0 spiro atoms. The molecule has 0 bridgehead atoms. The summed E-state index contributed by atoms with van der Waals surface area (Å²) >= 11 is 0. The summed E-state index contributed by atoms with van der Waals surface area (Å²) in [6.07, 6.45) is 0.847. The van der Waals surface area contributed by atoms with Gasteiger partial charge in [0.15, 0.2) is 0 Å². The monoisotopic (exact) mass is 360 g/mol. The van der Waals surface area contributed by atoms with Crippen LogP contribution in [0.25, 0.3) is 0 Å². The van der Waals surface area contributed by atoms with Crippen LogP contribution in [0, 0.1) is 6.92 Å². The standard InChI is InChI=1S/C19H24N2O3S/c1-4-13-20-19(22)16-9-11-18(12-10-16)25(23,24)21(5-2)17-8-6-7-15(3)14-17/h6-12,14H,4-5,13H2,1-3H3,(H,20,22). The molecule has 0 unspecified atom stereocenters. The van der Waals surface area contributed by atoms with Gasteiger partial charge in [0, 0.05) is 18.7 Å². The lowest BCUT2D eigenvalue weighted by Gasteiger charge is -2.23. The number of amides is 1. The molecule has 1 amide bonds. The summed E-state index contributed by atoms with van der Waals surface area (Å²) in [5.74, 6) is -0.197. The van der Waals surface area contributed by atoms with Crippen LogP contribution in [0.5, 0.6) is 0 Å². The van der Waals surface area contributed by atoms with Crippen molar-refractivity contribution in [3.05, 3.63) is 59.7 Å². The van der Waals surface area contributed by atoms with Crippen LogP contribution in [0.4, 0.5) is 5.69 Å². The van der Waals surface area contributed by atoms with Gasteiger partial charge in [0.1, 0.15) is 0 Å². The molecule has 0 radical (unpaired) electrons. The number of rotatable bonds is 7. The maximum atomic E-state index is 13.0. The van der Waals surface area contributed by atoms with E-state index in [4.69, 9.17) is 0 Å². The van der Waals surface area contributed by atoms with Crippen molar-refractivity contribution in [1.29, 1.82) is 0 Å². The summed E-state index contributed by atoms with van der Waals surface area (Å²) in [4.78, 5) is 12.1. The molecule has 2 aromatic carbocycles. The minimum absolute atomic E-state index is 0.169. The summed E-state index contributed by atoms with van der Waals surface area (Å²) in [6.45, 7) is 6.61. The normalized spacial score (nSPS) is 11.2. The predicted molar refractivity (Wildman–Crippen MR) is 100 cm³/mol. The van der Waals surface area contributed by atoms with Crippen molar-refractivity contribution in [1.82, 2.24) is 5.32 Å². The zero-order chi connectivity index (χ0) is 18.4. The maximum absolute atomic E-state index is 13.0. The first kappa shape index (κ1) is 19.0. The van der Waals surface area contributed by atoms with Crippen LogP contribution in [0.1, 0.15) is 36.2 Å². The molecule has 2 aromatic rings. The second-order valence-corrected chi connectivity index (χ2v) is 7.65. The molecule has 0 aliphatic heterocycles. The van der Waals surface area contributed by atoms with E-state index >= 15 is 0 Å². The molecular weight excluding hydrogens is 336 g/mol. The van der Waals surface area contributed by atoms with Gasteiger partial charge in [-0.1, -0.05) is 19.1 Å². The van der Waals surface area contributed by atoms with Crippen LogP contribution >= 0.6 is 0 Å². The number of aryl methyl sites for hydroxylation is 1. The van der Waals surface area contributed by atoms with E-state index in [0.29, 0.717) is 24.3 Å². The molecular formula is C19H24N2O3S. The second kappa shape index (κ2) is 8.16. The number of hydrogen-bond donors (Lipinski definition) is 1. The highest BCUT2D eigenvalue weighted by molar-refractivity contribution is 7.92. The van der Waals surface area contributed by atoms with Crippen molar-refractivity contribution in [2.24, 2.45) is 0 Å². The van der Waals surface area contributed by atoms with Gasteiger partial charge in [-0.25, -0.2) is 8.42 Å². The molecule has 0 saturated carbocycles. The molecule has 0 heterocycles. The number of anilines is 1. The lowest BCUT2D eigenvalue weighted by Crippen LogP contribution is -2.31. The van der Waals surface area contributed by atoms with Gasteiger partial charge in [-0.05, 0) is 62.2 Å². The van der Waals surface area contributed by atoms with Crippen molar-refractivity contribution in [3.63, 3.8) is 0 Å². The van der Waals surface area contributed by atoms with Crippen LogP contribution in [-0.2, 0) is 10.0 Å². The third-order valence-electron chi connectivity index (χ3n) is 3.82. The lowest BCUT2D eigenvalue weighted by molar-refractivity contribution is 0.0953. The average molecular weight is 360 g/mol. The van der Waals surface area contributed by atoms with E-state index in [1.54, 1.807) is 25.1 Å². The van der Waals surface area contributed by atoms with Gasteiger partial charge in [-0.15, -0.1) is 0 Å². The fourth-order valence-corrected chi connectivity index (χ4v) is 3.99. The van der Waals surface area contributed by atoms with Crippen molar-refractivity contribution in [2.75, 3.05) is 17.4 Å². The van der Waals surface area contributed by atoms with Crippen molar-refractivity contribution >= 4 is 21.6 Å². The van der Waals surface area contributed by atoms with Crippen molar-refractivity contribution < 1.29 is 13.2 Å². The third-order valence-corrected chi connectivity index (χ3v) is 5.73. The van der Waals surface area contributed by atoms with Crippen molar-refractivity contribution in [2.45, 2.75) is 32.1 Å². The molecule has 0 aliphatic carbocycles. The molecule has 0 aromatic heterocycles. The molecule has 0 atom stereocenters. The first-order chi connectivity index (χ1) is 11.9. The predicted octanol–water partition coefficient (Wildman–Crippen LogP) is 3.35. The Bertz CT molecular complexity index is 830. The van der Waals surface area contributed by atoms with Gasteiger partial charge in [-0.2, -0.15) is 0 Å². The van der Waals surface area contributed by atoms with Gasteiger partial charge < -0.3 is 5.32 Å². The number of carbonyl (C=O) groups excluding carboxylic acids is 1. The van der Waals surface area contributed by atoms with Gasteiger partial charge in [0.2, 0.25) is 0 Å². The van der Waals surface area contributed by atoms with E-state index in [1.165, 1.54) is 16.4 Å². The minimum Gasteiger partial charge on any atom is -0.352 e. The molecule has 0 saturated heterocycles. The highest BCUT2D eigenvalue weighted by atomic mass is 32.2. The highest BCUT2D eigenvalue weighted by Crippen LogP contribution is 2.24. The Kier molecular flexibility index (Phi) is 6.20. The van der Waals surface area contributed by atoms with Crippen LogP contribution < -0.4 is 9.62 Å². The first-order valence-electron chi connectivity index (χ1n) is 8.37. The molecule has 25 heavy (non-hydrogen) atoms. The summed E-state index contributed by atoms with van der Waals surface area (Å²) in [7, 11) is -3.68. The molecule has 0 fully saturated rings. The topological polar surface area (TPSA) is 66.5 Å². The SMILES string of the molecule is CCCNC(=O)c1ccc(S(=O)(=O)N(CC)c2cccc(C)c2)cc1. The summed E-state index contributed by atoms with van der Waals surface area (Å²) in [6, 6.07) is 13.4. The Morgan fingerprint density at radius 3 is 2.32 bits per heavy atom. The summed E-state index contributed by atoms with van der Waals surface area (Å²) in [5.41, 5.74) is 2.08. The summed E-state index contributed by atoms with van der Waals surface area (Å²) < 4.78 is 27.3. The summed E-state index contributed by atoms with van der Waals surface area (Å²) in [5, 5.41) is 2.77. The number of carbonyl (C=O) groups is 1. The quantitative estimate of drug-likeness (QED) is 0.823. The average Bonchev–Trinajstić information content (AvgIpc) is 2.60. The second-order valence-electron chi connectivity index (χ2n) is 5.79. The Hall–Kier alpha value is -2.34. The number of sulfonamides is 1. The molecule has 5 nitrogen and oxygen atoms in total. The highest BCUT2D eigenvalue weighted by Gasteiger charge is 2.23. The van der Waals surface area contributed by atoms with E-state index < -0.39 is 10.0 Å². The van der Waals surface area contributed by atoms with E-state index in [0.717, 1.165) is 12.0 Å². The number of hydrogen-bond acceptors (Lipinski definition) is 3. The number of nitrogens with one attached hydrogen (secondary N) is 1. The Morgan fingerprint density at radius 1 is 1.08 bits per heavy atom. The molecule has 6 heteroatoms. The zero-order valence-electron chi connectivity index (χ0n) is 14.8. The Balaban J connectivity index is 2.30. The maximum Gasteiger partial charge on any atom is 0.264 e. The minimum atomic E-state index is -3.68. The Morgan fingerprint density at radius 2 is 1.76 bits per heavy atom. The lowest BCUT2D eigenvalue weighted by atomic mass is 10.2. The largest absolute Gasteiger partial charge is 0.352 e. The van der Waals surface area contributed by atoms with Crippen LogP contribution in [0.3, 0.4) is 0 Å². The third kappa shape index (κ3) is 4.39. The van der Waals surface area contributed by atoms with Gasteiger partial charge in [-0.3, -0.25) is 9.10 Å². The molecule has 134 valence electrons.